The van der Waals surface area contributed by atoms with E-state index in [0.29, 0.717) is 24.5 Å². The van der Waals surface area contributed by atoms with E-state index in [9.17, 15) is 4.79 Å². The van der Waals surface area contributed by atoms with Gasteiger partial charge < -0.3 is 14.6 Å². The fourth-order valence-corrected chi connectivity index (χ4v) is 1.26. The van der Waals surface area contributed by atoms with E-state index in [0.717, 1.165) is 0 Å². The number of ether oxygens (including phenoxy) is 2. The van der Waals surface area contributed by atoms with Gasteiger partial charge in [0.1, 0.15) is 0 Å². The lowest BCUT2D eigenvalue weighted by molar-refractivity contribution is -0.147. The number of aliphatic carboxylic acids is 1. The summed E-state index contributed by atoms with van der Waals surface area (Å²) in [6.45, 7) is 3.71. The van der Waals surface area contributed by atoms with Gasteiger partial charge >= 0.3 is 5.97 Å². The van der Waals surface area contributed by atoms with Crippen LogP contribution in [0.15, 0.2) is 24.3 Å². The molecule has 0 fully saturated rings. The Morgan fingerprint density at radius 1 is 1.29 bits per heavy atom. The third-order valence-electron chi connectivity index (χ3n) is 2.63. The molecule has 0 aliphatic rings. The van der Waals surface area contributed by atoms with E-state index in [1.54, 1.807) is 33.1 Å². The number of carboxylic acids is 1. The summed E-state index contributed by atoms with van der Waals surface area (Å²) < 4.78 is 10.7. The SMILES string of the molecule is COc1ccccc1OCCC(C)(C)C(=O)O. The van der Waals surface area contributed by atoms with E-state index in [4.69, 9.17) is 14.6 Å². The van der Waals surface area contributed by atoms with Crippen molar-refractivity contribution in [3.05, 3.63) is 24.3 Å². The highest BCUT2D eigenvalue weighted by Crippen LogP contribution is 2.27. The standard InChI is InChI=1S/C13H18O4/c1-13(2,12(14)15)8-9-17-11-7-5-4-6-10(11)16-3/h4-7H,8-9H2,1-3H3,(H,14,15). The minimum absolute atomic E-state index is 0.347. The van der Waals surface area contributed by atoms with Crippen LogP contribution in [0, 0.1) is 5.41 Å². The summed E-state index contributed by atoms with van der Waals surface area (Å²) in [4.78, 5) is 10.9. The van der Waals surface area contributed by atoms with Gasteiger partial charge in [-0.25, -0.2) is 0 Å². The van der Waals surface area contributed by atoms with Crippen LogP contribution >= 0.6 is 0 Å². The van der Waals surface area contributed by atoms with Gasteiger partial charge in [0.25, 0.3) is 0 Å². The maximum atomic E-state index is 10.9. The lowest BCUT2D eigenvalue weighted by Crippen LogP contribution is -2.25. The van der Waals surface area contributed by atoms with E-state index >= 15 is 0 Å². The average molecular weight is 238 g/mol. The Hall–Kier alpha value is -1.71. The highest BCUT2D eigenvalue weighted by molar-refractivity contribution is 5.73. The number of para-hydroxylation sites is 2. The van der Waals surface area contributed by atoms with E-state index in [1.165, 1.54) is 0 Å². The highest BCUT2D eigenvalue weighted by Gasteiger charge is 2.26. The van der Waals surface area contributed by atoms with Gasteiger partial charge in [-0.15, -0.1) is 0 Å². The molecule has 0 bridgehead atoms. The third-order valence-corrected chi connectivity index (χ3v) is 2.63. The predicted molar refractivity (Wildman–Crippen MR) is 64.5 cm³/mol. The average Bonchev–Trinajstić information content (AvgIpc) is 2.29. The van der Waals surface area contributed by atoms with Crippen LogP contribution in [0.5, 0.6) is 11.5 Å². The van der Waals surface area contributed by atoms with Crippen molar-refractivity contribution >= 4 is 5.97 Å². The van der Waals surface area contributed by atoms with E-state index in [2.05, 4.69) is 0 Å². The van der Waals surface area contributed by atoms with E-state index in [1.807, 2.05) is 12.1 Å². The first-order valence-corrected chi connectivity index (χ1v) is 5.46. The Morgan fingerprint density at radius 3 is 2.41 bits per heavy atom. The number of carboxylic acid groups (broad SMARTS) is 1. The van der Waals surface area contributed by atoms with Crippen molar-refractivity contribution in [1.29, 1.82) is 0 Å². The summed E-state index contributed by atoms with van der Waals surface area (Å²) >= 11 is 0. The Labute approximate surface area is 101 Å². The van der Waals surface area contributed by atoms with Crippen molar-refractivity contribution < 1.29 is 19.4 Å². The Balaban J connectivity index is 2.54. The largest absolute Gasteiger partial charge is 0.493 e. The number of methoxy groups -OCH3 is 1. The Bertz CT molecular complexity index is 385. The fraction of sp³-hybridized carbons (Fsp3) is 0.462. The van der Waals surface area contributed by atoms with Crippen molar-refractivity contribution in [3.63, 3.8) is 0 Å². The molecule has 0 aliphatic carbocycles. The van der Waals surface area contributed by atoms with Gasteiger partial charge in [0.05, 0.1) is 19.1 Å². The molecule has 4 heteroatoms. The zero-order chi connectivity index (χ0) is 12.9. The van der Waals surface area contributed by atoms with Crippen LogP contribution in [0.4, 0.5) is 0 Å². The molecule has 0 saturated carbocycles. The molecule has 1 aromatic rings. The zero-order valence-electron chi connectivity index (χ0n) is 10.4. The molecular weight excluding hydrogens is 220 g/mol. The van der Waals surface area contributed by atoms with Crippen LogP contribution in [0.25, 0.3) is 0 Å². The molecule has 17 heavy (non-hydrogen) atoms. The minimum Gasteiger partial charge on any atom is -0.493 e. The van der Waals surface area contributed by atoms with Crippen LogP contribution in [0.2, 0.25) is 0 Å². The number of hydrogen-bond donors (Lipinski definition) is 1. The first-order valence-electron chi connectivity index (χ1n) is 5.46. The third kappa shape index (κ3) is 3.66. The van der Waals surface area contributed by atoms with Crippen LogP contribution in [-0.2, 0) is 4.79 Å². The molecule has 0 spiro atoms. The maximum Gasteiger partial charge on any atom is 0.309 e. The van der Waals surface area contributed by atoms with Crippen LogP contribution < -0.4 is 9.47 Å². The second-order valence-corrected chi connectivity index (χ2v) is 4.44. The minimum atomic E-state index is -0.818. The quantitative estimate of drug-likeness (QED) is 0.827. The highest BCUT2D eigenvalue weighted by atomic mass is 16.5. The smallest absolute Gasteiger partial charge is 0.309 e. The first kappa shape index (κ1) is 13.4. The van der Waals surface area contributed by atoms with Crippen molar-refractivity contribution in [2.45, 2.75) is 20.3 Å². The number of rotatable bonds is 6. The summed E-state index contributed by atoms with van der Waals surface area (Å²) in [6, 6.07) is 7.30. The van der Waals surface area contributed by atoms with Gasteiger partial charge in [0.2, 0.25) is 0 Å². The molecule has 94 valence electrons. The van der Waals surface area contributed by atoms with Crippen molar-refractivity contribution in [1.82, 2.24) is 0 Å². The van der Waals surface area contributed by atoms with Crippen LogP contribution in [0.3, 0.4) is 0 Å². The Kier molecular flexibility index (Phi) is 4.37. The number of hydrogen-bond acceptors (Lipinski definition) is 3. The molecule has 0 heterocycles. The summed E-state index contributed by atoms with van der Waals surface area (Å²) in [5, 5.41) is 8.96. The van der Waals surface area contributed by atoms with Crippen LogP contribution in [-0.4, -0.2) is 24.8 Å². The zero-order valence-corrected chi connectivity index (χ0v) is 10.4. The van der Waals surface area contributed by atoms with Gasteiger partial charge in [-0.2, -0.15) is 0 Å². The molecule has 0 radical (unpaired) electrons. The number of carbonyl (C=O) groups is 1. The molecular formula is C13H18O4. The van der Waals surface area contributed by atoms with Crippen LogP contribution in [0.1, 0.15) is 20.3 Å². The maximum absolute atomic E-state index is 10.9. The van der Waals surface area contributed by atoms with Gasteiger partial charge in [0, 0.05) is 0 Å². The first-order chi connectivity index (χ1) is 7.97. The molecule has 0 atom stereocenters. The summed E-state index contributed by atoms with van der Waals surface area (Å²) in [5.41, 5.74) is -0.776. The Morgan fingerprint density at radius 2 is 1.88 bits per heavy atom. The summed E-state index contributed by atoms with van der Waals surface area (Å²) in [5.74, 6) is 0.470. The molecule has 0 amide bonds. The normalized spacial score (nSPS) is 11.0. The molecule has 1 aromatic carbocycles. The summed E-state index contributed by atoms with van der Waals surface area (Å²) in [6.07, 6.45) is 0.445. The van der Waals surface area contributed by atoms with Gasteiger partial charge in [-0.1, -0.05) is 12.1 Å². The molecule has 1 rings (SSSR count). The molecule has 0 saturated heterocycles. The molecule has 0 aromatic heterocycles. The summed E-state index contributed by atoms with van der Waals surface area (Å²) in [7, 11) is 1.57. The van der Waals surface area contributed by atoms with E-state index in [-0.39, 0.29) is 0 Å². The second-order valence-electron chi connectivity index (χ2n) is 4.44. The fourth-order valence-electron chi connectivity index (χ4n) is 1.26. The molecule has 1 N–H and O–H groups in total. The number of benzene rings is 1. The molecule has 0 aliphatic heterocycles. The van der Waals surface area contributed by atoms with Gasteiger partial charge in [-0.05, 0) is 32.4 Å². The lowest BCUT2D eigenvalue weighted by atomic mass is 9.90. The monoisotopic (exact) mass is 238 g/mol. The lowest BCUT2D eigenvalue weighted by Gasteiger charge is -2.19. The van der Waals surface area contributed by atoms with Crippen molar-refractivity contribution in [2.24, 2.45) is 5.41 Å². The van der Waals surface area contributed by atoms with E-state index < -0.39 is 11.4 Å². The molecule has 0 unspecified atom stereocenters. The topological polar surface area (TPSA) is 55.8 Å². The second kappa shape index (κ2) is 5.57. The van der Waals surface area contributed by atoms with Gasteiger partial charge in [-0.3, -0.25) is 4.79 Å². The molecule has 4 nitrogen and oxygen atoms in total. The van der Waals surface area contributed by atoms with Crippen molar-refractivity contribution in [2.75, 3.05) is 13.7 Å². The van der Waals surface area contributed by atoms with Crippen molar-refractivity contribution in [3.8, 4) is 11.5 Å². The van der Waals surface area contributed by atoms with Gasteiger partial charge in [0.15, 0.2) is 11.5 Å². The predicted octanol–water partition coefficient (Wildman–Crippen LogP) is 2.57.